The first-order valence-electron chi connectivity index (χ1n) is 3.90. The van der Waals surface area contributed by atoms with Crippen LogP contribution in [0.25, 0.3) is 0 Å². The topological polar surface area (TPSA) is 55.4 Å². The van der Waals surface area contributed by atoms with Gasteiger partial charge in [-0.25, -0.2) is 4.79 Å². The van der Waals surface area contributed by atoms with Gasteiger partial charge < -0.3 is 10.1 Å². The summed E-state index contributed by atoms with van der Waals surface area (Å²) in [7, 11) is 0. The van der Waals surface area contributed by atoms with E-state index in [1.807, 2.05) is 0 Å². The summed E-state index contributed by atoms with van der Waals surface area (Å²) in [6, 6.07) is 0. The molecule has 0 rings (SSSR count). The Kier molecular flexibility index (Phi) is 3.99. The molecule has 0 heterocycles. The van der Waals surface area contributed by atoms with Crippen molar-refractivity contribution >= 4 is 11.9 Å². The fraction of sp³-hybridized carbons (Fsp3) is 0.556. The molecule has 13 heavy (non-hydrogen) atoms. The number of carbonyl (C=O) groups excluding carboxylic acids is 2. The van der Waals surface area contributed by atoms with Crippen LogP contribution in [-0.4, -0.2) is 24.0 Å². The van der Waals surface area contributed by atoms with Crippen molar-refractivity contribution in [3.05, 3.63) is 0 Å². The van der Waals surface area contributed by atoms with Crippen LogP contribution in [-0.2, 0) is 14.3 Å². The Morgan fingerprint density at radius 3 is 2.46 bits per heavy atom. The summed E-state index contributed by atoms with van der Waals surface area (Å²) in [4.78, 5) is 21.9. The first-order valence-corrected chi connectivity index (χ1v) is 3.90. The number of hydrogen-bond donors (Lipinski definition) is 1. The predicted octanol–water partition coefficient (Wildman–Crippen LogP) is 0.0775. The van der Waals surface area contributed by atoms with Crippen molar-refractivity contribution in [1.82, 2.24) is 5.32 Å². The first kappa shape index (κ1) is 11.5. The van der Waals surface area contributed by atoms with Gasteiger partial charge in [0.05, 0.1) is 12.1 Å². The maximum absolute atomic E-state index is 11.0. The summed E-state index contributed by atoms with van der Waals surface area (Å²) in [5.74, 6) is 0.603. The van der Waals surface area contributed by atoms with E-state index >= 15 is 0 Å². The molecular weight excluding hydrogens is 170 g/mol. The minimum Gasteiger partial charge on any atom is -0.459 e. The summed E-state index contributed by atoms with van der Waals surface area (Å²) in [5, 5.41) is 2.34. The Bertz CT molecular complexity index is 250. The molecule has 1 amide bonds. The fourth-order valence-corrected chi connectivity index (χ4v) is 0.568. The first-order chi connectivity index (χ1) is 5.93. The van der Waals surface area contributed by atoms with Crippen molar-refractivity contribution < 1.29 is 14.3 Å². The number of esters is 1. The molecule has 0 saturated carbocycles. The molecule has 0 aliphatic heterocycles. The minimum absolute atomic E-state index is 0.169. The van der Waals surface area contributed by atoms with Crippen LogP contribution >= 0.6 is 0 Å². The molecule has 0 spiro atoms. The van der Waals surface area contributed by atoms with Gasteiger partial charge in [0.15, 0.2) is 0 Å². The van der Waals surface area contributed by atoms with Crippen LogP contribution in [0.5, 0.6) is 0 Å². The van der Waals surface area contributed by atoms with Gasteiger partial charge in [0.25, 0.3) is 0 Å². The normalized spacial score (nSPS) is 10.0. The van der Waals surface area contributed by atoms with Gasteiger partial charge in [-0.3, -0.25) is 4.79 Å². The third-order valence-corrected chi connectivity index (χ3v) is 1.25. The zero-order valence-electron chi connectivity index (χ0n) is 8.01. The smallest absolute Gasteiger partial charge is 0.396 e. The van der Waals surface area contributed by atoms with Gasteiger partial charge in [-0.15, -0.1) is 6.42 Å². The molecule has 0 aliphatic rings. The molecule has 0 aromatic carbocycles. The molecule has 0 unspecified atom stereocenters. The Morgan fingerprint density at radius 1 is 1.54 bits per heavy atom. The van der Waals surface area contributed by atoms with Crippen LogP contribution in [0.1, 0.15) is 20.8 Å². The Morgan fingerprint density at radius 2 is 2.08 bits per heavy atom. The van der Waals surface area contributed by atoms with Crippen molar-refractivity contribution in [3.8, 4) is 12.3 Å². The van der Waals surface area contributed by atoms with Crippen LogP contribution < -0.4 is 5.32 Å². The monoisotopic (exact) mass is 183 g/mol. The van der Waals surface area contributed by atoms with Gasteiger partial charge in [0.2, 0.25) is 0 Å². The fourth-order valence-electron chi connectivity index (χ4n) is 0.568. The molecule has 72 valence electrons. The lowest BCUT2D eigenvalue weighted by Crippen LogP contribution is -2.45. The van der Waals surface area contributed by atoms with Crippen molar-refractivity contribution in [2.75, 3.05) is 6.61 Å². The second kappa shape index (κ2) is 4.51. The molecule has 0 aliphatic carbocycles. The van der Waals surface area contributed by atoms with E-state index < -0.39 is 17.4 Å². The van der Waals surface area contributed by atoms with Gasteiger partial charge in [0.1, 0.15) is 0 Å². The van der Waals surface area contributed by atoms with E-state index in [2.05, 4.69) is 16.0 Å². The molecule has 0 fully saturated rings. The van der Waals surface area contributed by atoms with Gasteiger partial charge in [-0.1, -0.05) is 5.92 Å². The second-order valence-corrected chi connectivity index (χ2v) is 2.94. The molecule has 0 atom stereocenters. The van der Waals surface area contributed by atoms with Crippen LogP contribution in [0.15, 0.2) is 0 Å². The van der Waals surface area contributed by atoms with Crippen molar-refractivity contribution in [2.24, 2.45) is 0 Å². The third-order valence-electron chi connectivity index (χ3n) is 1.25. The highest BCUT2D eigenvalue weighted by Crippen LogP contribution is 1.98. The highest BCUT2D eigenvalue weighted by molar-refractivity contribution is 6.32. The van der Waals surface area contributed by atoms with E-state index in [9.17, 15) is 9.59 Å². The molecular formula is C9H13NO3. The van der Waals surface area contributed by atoms with E-state index in [4.69, 9.17) is 6.42 Å². The summed E-state index contributed by atoms with van der Waals surface area (Å²) in [6.45, 7) is 5.02. The molecule has 0 bridgehead atoms. The van der Waals surface area contributed by atoms with Crippen LogP contribution in [0.3, 0.4) is 0 Å². The summed E-state index contributed by atoms with van der Waals surface area (Å²) < 4.78 is 4.47. The van der Waals surface area contributed by atoms with Crippen molar-refractivity contribution in [2.45, 2.75) is 26.3 Å². The molecule has 0 aromatic rings. The van der Waals surface area contributed by atoms with E-state index in [-0.39, 0.29) is 6.61 Å². The van der Waals surface area contributed by atoms with Gasteiger partial charge in [-0.05, 0) is 20.8 Å². The summed E-state index contributed by atoms with van der Waals surface area (Å²) >= 11 is 0. The average molecular weight is 183 g/mol. The number of carbonyl (C=O) groups is 2. The molecule has 0 aromatic heterocycles. The lowest BCUT2D eigenvalue weighted by Gasteiger charge is -2.18. The maximum Gasteiger partial charge on any atom is 0.396 e. The molecule has 0 radical (unpaired) electrons. The number of ether oxygens (including phenoxy) is 1. The van der Waals surface area contributed by atoms with Crippen molar-refractivity contribution in [3.63, 3.8) is 0 Å². The Labute approximate surface area is 77.6 Å². The van der Waals surface area contributed by atoms with Gasteiger partial charge in [-0.2, -0.15) is 0 Å². The lowest BCUT2D eigenvalue weighted by molar-refractivity contribution is -0.155. The number of amides is 1. The average Bonchev–Trinajstić information content (AvgIpc) is 2.04. The Hall–Kier alpha value is -1.50. The number of rotatable bonds is 2. The third kappa shape index (κ3) is 4.16. The van der Waals surface area contributed by atoms with Crippen molar-refractivity contribution in [1.29, 1.82) is 0 Å². The maximum atomic E-state index is 11.0. The quantitative estimate of drug-likeness (QED) is 0.374. The highest BCUT2D eigenvalue weighted by Gasteiger charge is 2.22. The number of hydrogen-bond acceptors (Lipinski definition) is 3. The molecule has 4 heteroatoms. The zero-order chi connectivity index (χ0) is 10.5. The molecule has 0 saturated heterocycles. The van der Waals surface area contributed by atoms with E-state index in [1.165, 1.54) is 0 Å². The lowest BCUT2D eigenvalue weighted by atomic mass is 10.1. The minimum atomic E-state index is -0.911. The number of nitrogens with one attached hydrogen (secondary N) is 1. The summed E-state index contributed by atoms with van der Waals surface area (Å²) in [5.41, 5.74) is -0.830. The van der Waals surface area contributed by atoms with Gasteiger partial charge in [0, 0.05) is 0 Å². The second-order valence-electron chi connectivity index (χ2n) is 2.94. The SMILES string of the molecule is C#CC(C)(C)NC(=O)C(=O)OCC. The van der Waals surface area contributed by atoms with Gasteiger partial charge >= 0.3 is 11.9 Å². The van der Waals surface area contributed by atoms with Crippen LogP contribution in [0.4, 0.5) is 0 Å². The van der Waals surface area contributed by atoms with Crippen LogP contribution in [0.2, 0.25) is 0 Å². The molecule has 4 nitrogen and oxygen atoms in total. The van der Waals surface area contributed by atoms with E-state index in [0.29, 0.717) is 0 Å². The predicted molar refractivity (Wildman–Crippen MR) is 47.7 cm³/mol. The zero-order valence-corrected chi connectivity index (χ0v) is 8.01. The van der Waals surface area contributed by atoms with E-state index in [0.717, 1.165) is 0 Å². The highest BCUT2D eigenvalue weighted by atomic mass is 16.5. The number of terminal acetylenes is 1. The Balaban J connectivity index is 4.17. The standard InChI is InChI=1S/C9H13NO3/c1-5-9(3,4)10-7(11)8(12)13-6-2/h1H,6H2,2-4H3,(H,10,11). The van der Waals surface area contributed by atoms with E-state index in [1.54, 1.807) is 20.8 Å². The largest absolute Gasteiger partial charge is 0.459 e. The summed E-state index contributed by atoms with van der Waals surface area (Å²) in [6.07, 6.45) is 5.11. The molecule has 1 N–H and O–H groups in total. The van der Waals surface area contributed by atoms with Crippen LogP contribution in [0, 0.1) is 12.3 Å².